The van der Waals surface area contributed by atoms with Crippen molar-refractivity contribution in [3.63, 3.8) is 0 Å². The molecule has 3 rings (SSSR count). The Morgan fingerprint density at radius 3 is 2.92 bits per heavy atom. The number of hydrogen-bond acceptors (Lipinski definition) is 3. The van der Waals surface area contributed by atoms with E-state index < -0.39 is 0 Å². The number of nitrogens with zero attached hydrogens (tertiary/aromatic N) is 3. The number of fused-ring (bicyclic) bond motifs is 1. The second-order valence-corrected chi connectivity index (χ2v) is 6.83. The molecule has 1 aromatic carbocycles. The van der Waals surface area contributed by atoms with Gasteiger partial charge in [-0.3, -0.25) is 14.2 Å². The fraction of sp³-hybridized carbons (Fsp3) is 0.389. The predicted molar refractivity (Wildman–Crippen MR) is 97.6 cm³/mol. The van der Waals surface area contributed by atoms with Crippen molar-refractivity contribution in [1.82, 2.24) is 14.5 Å². The van der Waals surface area contributed by atoms with Gasteiger partial charge in [0.05, 0.1) is 17.2 Å². The molecule has 0 radical (unpaired) electrons. The van der Waals surface area contributed by atoms with Crippen molar-refractivity contribution in [1.29, 1.82) is 0 Å². The van der Waals surface area contributed by atoms with Crippen molar-refractivity contribution in [2.45, 2.75) is 39.2 Å². The number of halogens is 1. The van der Waals surface area contributed by atoms with E-state index in [-0.39, 0.29) is 18.0 Å². The van der Waals surface area contributed by atoms with Crippen LogP contribution in [0.3, 0.4) is 0 Å². The quantitative estimate of drug-likeness (QED) is 0.804. The summed E-state index contributed by atoms with van der Waals surface area (Å²) in [5.74, 6) is -0.0658. The van der Waals surface area contributed by atoms with E-state index in [2.05, 4.69) is 27.0 Å². The predicted octanol–water partition coefficient (Wildman–Crippen LogP) is 3.47. The Hall–Kier alpha value is -1.95. The van der Waals surface area contributed by atoms with Gasteiger partial charge in [0.1, 0.15) is 6.54 Å². The minimum Gasteiger partial charge on any atom is -0.315 e. The molecule has 0 bridgehead atoms. The van der Waals surface area contributed by atoms with Crippen molar-refractivity contribution < 1.29 is 4.79 Å². The first kappa shape index (κ1) is 16.9. The van der Waals surface area contributed by atoms with Crippen LogP contribution < -0.4 is 5.56 Å². The van der Waals surface area contributed by atoms with Crippen molar-refractivity contribution in [2.24, 2.45) is 0 Å². The number of allylic oxidation sites excluding steroid dienone is 2. The molecule has 0 saturated heterocycles. The van der Waals surface area contributed by atoms with Crippen LogP contribution in [-0.4, -0.2) is 26.9 Å². The van der Waals surface area contributed by atoms with E-state index >= 15 is 0 Å². The van der Waals surface area contributed by atoms with Crippen LogP contribution in [0.2, 0.25) is 0 Å². The molecule has 0 saturated carbocycles. The van der Waals surface area contributed by atoms with Crippen LogP contribution >= 0.6 is 15.9 Å². The maximum Gasteiger partial charge on any atom is 0.261 e. The van der Waals surface area contributed by atoms with E-state index in [9.17, 15) is 9.59 Å². The lowest BCUT2D eigenvalue weighted by atomic mass is 10.0. The fourth-order valence-corrected chi connectivity index (χ4v) is 3.44. The second kappa shape index (κ2) is 7.30. The normalized spacial score (nSPS) is 14.5. The summed E-state index contributed by atoms with van der Waals surface area (Å²) < 4.78 is 2.21. The van der Waals surface area contributed by atoms with Gasteiger partial charge in [-0.2, -0.15) is 0 Å². The van der Waals surface area contributed by atoms with Gasteiger partial charge in [-0.05, 0) is 50.8 Å². The summed E-state index contributed by atoms with van der Waals surface area (Å²) in [7, 11) is 0. The molecule has 0 spiro atoms. The minimum atomic E-state index is -0.191. The van der Waals surface area contributed by atoms with Gasteiger partial charge in [0, 0.05) is 16.7 Å². The summed E-state index contributed by atoms with van der Waals surface area (Å²) in [6, 6.07) is 5.38. The molecular formula is C18H20BrN3O2. The molecule has 0 unspecified atom stereocenters. The van der Waals surface area contributed by atoms with E-state index in [0.717, 1.165) is 29.4 Å². The maximum atomic E-state index is 12.7. The number of aromatic nitrogens is 2. The standard InChI is InChI=1S/C18H20BrN3O2/c1-2-22(14-6-4-3-5-7-14)17(23)11-21-12-20-16-9-8-13(19)10-15(16)18(21)24/h6,8-10,12H,2-5,7,11H2,1H3. The molecule has 1 amide bonds. The van der Waals surface area contributed by atoms with Gasteiger partial charge in [0.25, 0.3) is 5.56 Å². The number of carbonyl (C=O) groups is 1. The molecule has 0 aliphatic heterocycles. The molecule has 2 aromatic rings. The SMILES string of the molecule is CCN(C(=O)Cn1cnc2ccc(Br)cc2c1=O)C1=CCCCC1. The van der Waals surface area contributed by atoms with Crippen molar-refractivity contribution in [3.05, 3.63) is 51.1 Å². The zero-order valence-electron chi connectivity index (χ0n) is 13.7. The lowest BCUT2D eigenvalue weighted by Crippen LogP contribution is -2.36. The molecule has 5 nitrogen and oxygen atoms in total. The monoisotopic (exact) mass is 389 g/mol. The molecule has 1 heterocycles. The summed E-state index contributed by atoms with van der Waals surface area (Å²) in [6.07, 6.45) is 7.84. The van der Waals surface area contributed by atoms with Gasteiger partial charge >= 0.3 is 0 Å². The molecular weight excluding hydrogens is 370 g/mol. The van der Waals surface area contributed by atoms with Gasteiger partial charge in [0.15, 0.2) is 0 Å². The third kappa shape index (κ3) is 3.43. The first-order valence-corrected chi connectivity index (χ1v) is 9.03. The van der Waals surface area contributed by atoms with Gasteiger partial charge in [-0.25, -0.2) is 4.98 Å². The molecule has 0 atom stereocenters. The number of carbonyl (C=O) groups excluding carboxylic acids is 1. The van der Waals surface area contributed by atoms with E-state index in [4.69, 9.17) is 0 Å². The minimum absolute atomic E-state index is 0.0134. The highest BCUT2D eigenvalue weighted by molar-refractivity contribution is 9.10. The van der Waals surface area contributed by atoms with Gasteiger partial charge in [-0.1, -0.05) is 22.0 Å². The summed E-state index contributed by atoms with van der Waals surface area (Å²) in [6.45, 7) is 2.59. The second-order valence-electron chi connectivity index (χ2n) is 5.92. The van der Waals surface area contributed by atoms with Crippen molar-refractivity contribution in [3.8, 4) is 0 Å². The first-order chi connectivity index (χ1) is 11.6. The third-order valence-corrected chi connectivity index (χ3v) is 4.82. The van der Waals surface area contributed by atoms with Crippen LogP contribution in [0.4, 0.5) is 0 Å². The fourth-order valence-electron chi connectivity index (χ4n) is 3.08. The smallest absolute Gasteiger partial charge is 0.261 e. The lowest BCUT2D eigenvalue weighted by molar-refractivity contribution is -0.130. The summed E-state index contributed by atoms with van der Waals surface area (Å²) >= 11 is 3.37. The number of likely N-dealkylation sites (N-methyl/N-ethyl adjacent to an activating group) is 1. The molecule has 126 valence electrons. The van der Waals surface area contributed by atoms with Gasteiger partial charge in [-0.15, -0.1) is 0 Å². The number of benzene rings is 1. The highest BCUT2D eigenvalue weighted by Crippen LogP contribution is 2.21. The van der Waals surface area contributed by atoms with Crippen molar-refractivity contribution in [2.75, 3.05) is 6.54 Å². The van der Waals surface area contributed by atoms with Crippen LogP contribution in [0, 0.1) is 0 Å². The third-order valence-electron chi connectivity index (χ3n) is 4.32. The zero-order valence-corrected chi connectivity index (χ0v) is 15.3. The first-order valence-electron chi connectivity index (χ1n) is 8.24. The Morgan fingerprint density at radius 2 is 2.21 bits per heavy atom. The molecule has 1 aromatic heterocycles. The summed E-state index contributed by atoms with van der Waals surface area (Å²) in [5.41, 5.74) is 1.52. The number of rotatable bonds is 4. The molecule has 0 fully saturated rings. The topological polar surface area (TPSA) is 55.2 Å². The average Bonchev–Trinajstić information content (AvgIpc) is 2.59. The number of hydrogen-bond donors (Lipinski definition) is 0. The van der Waals surface area contributed by atoms with Crippen LogP contribution in [0.5, 0.6) is 0 Å². The average molecular weight is 390 g/mol. The molecule has 0 N–H and O–H groups in total. The van der Waals surface area contributed by atoms with E-state index in [1.807, 2.05) is 13.0 Å². The molecule has 1 aliphatic rings. The van der Waals surface area contributed by atoms with E-state index in [1.165, 1.54) is 17.3 Å². The van der Waals surface area contributed by atoms with E-state index in [0.29, 0.717) is 17.4 Å². The Kier molecular flexibility index (Phi) is 5.14. The molecule has 1 aliphatic carbocycles. The molecule has 6 heteroatoms. The van der Waals surface area contributed by atoms with Gasteiger partial charge in [0.2, 0.25) is 5.91 Å². The Balaban J connectivity index is 1.88. The van der Waals surface area contributed by atoms with Crippen molar-refractivity contribution >= 4 is 32.7 Å². The van der Waals surface area contributed by atoms with Crippen LogP contribution in [0.1, 0.15) is 32.6 Å². The largest absolute Gasteiger partial charge is 0.315 e. The Bertz CT molecular complexity index is 857. The van der Waals surface area contributed by atoms with E-state index in [1.54, 1.807) is 17.0 Å². The molecule has 24 heavy (non-hydrogen) atoms. The highest BCUT2D eigenvalue weighted by atomic mass is 79.9. The summed E-state index contributed by atoms with van der Waals surface area (Å²) in [5, 5.41) is 0.514. The zero-order chi connectivity index (χ0) is 17.1. The van der Waals surface area contributed by atoms with Gasteiger partial charge < -0.3 is 4.90 Å². The lowest BCUT2D eigenvalue weighted by Gasteiger charge is -2.26. The van der Waals surface area contributed by atoms with Crippen LogP contribution in [0.15, 0.2) is 45.6 Å². The summed E-state index contributed by atoms with van der Waals surface area (Å²) in [4.78, 5) is 31.4. The Morgan fingerprint density at radius 1 is 1.38 bits per heavy atom. The van der Waals surface area contributed by atoms with Crippen LogP contribution in [-0.2, 0) is 11.3 Å². The Labute approximate surface area is 149 Å². The number of amides is 1. The van der Waals surface area contributed by atoms with Crippen LogP contribution in [0.25, 0.3) is 10.9 Å². The maximum absolute atomic E-state index is 12.7. The highest BCUT2D eigenvalue weighted by Gasteiger charge is 2.19.